The van der Waals surface area contributed by atoms with Crippen LogP contribution in [0.2, 0.25) is 0 Å². The molecule has 0 amide bonds. The molecule has 4 radical (unpaired) electrons. The van der Waals surface area contributed by atoms with Gasteiger partial charge in [0.2, 0.25) is 0 Å². The number of carbonyl (C=O) groups is 1. The lowest BCUT2D eigenvalue weighted by Gasteiger charge is -2.10. The molecule has 42 valence electrons. The van der Waals surface area contributed by atoms with Gasteiger partial charge < -0.3 is 0 Å². The summed E-state index contributed by atoms with van der Waals surface area (Å²) < 4.78 is 0. The van der Waals surface area contributed by atoms with Crippen molar-refractivity contribution in [3.05, 3.63) is 13.8 Å². The maximum Gasteiger partial charge on any atom is 0.139 e. The molecule has 8 heavy (non-hydrogen) atoms. The summed E-state index contributed by atoms with van der Waals surface area (Å²) in [6.45, 7) is 10.7. The first kappa shape index (κ1) is 5.80. The first-order valence-corrected chi connectivity index (χ1v) is 2.74. The Labute approximate surface area is 50.1 Å². The molecule has 1 aliphatic rings. The molecule has 1 fully saturated rings. The van der Waals surface area contributed by atoms with Gasteiger partial charge in [0.1, 0.15) is 5.78 Å². The van der Waals surface area contributed by atoms with E-state index in [0.717, 1.165) is 6.42 Å². The Morgan fingerprint density at radius 1 is 1.50 bits per heavy atom. The molecule has 1 aliphatic carbocycles. The van der Waals surface area contributed by atoms with Gasteiger partial charge in [0, 0.05) is 11.8 Å². The first-order chi connectivity index (χ1) is 3.63. The summed E-state index contributed by atoms with van der Waals surface area (Å²) in [5.74, 6) is -0.00231. The van der Waals surface area contributed by atoms with Crippen LogP contribution in [0, 0.1) is 19.3 Å². The third kappa shape index (κ3) is 0.770. The maximum atomic E-state index is 10.6. The average Bonchev–Trinajstić information content (AvgIpc) is 1.86. The zero-order valence-corrected chi connectivity index (χ0v) is 4.68. The summed E-state index contributed by atoms with van der Waals surface area (Å²) in [6.07, 6.45) is 2.06. The van der Waals surface area contributed by atoms with Crippen molar-refractivity contribution in [1.82, 2.24) is 0 Å². The molecule has 1 nitrogen and oxygen atoms in total. The molecule has 0 N–H and O–H groups in total. The fourth-order valence-electron chi connectivity index (χ4n) is 0.914. The van der Waals surface area contributed by atoms with Gasteiger partial charge in [-0.15, -0.1) is 0 Å². The van der Waals surface area contributed by atoms with Crippen molar-refractivity contribution in [3.63, 3.8) is 0 Å². The standard InChI is InChI=1S/C7H8O/c1-7(2)5-3-4-6(7)8/h1-2H,3-5H2. The SMILES string of the molecule is [CH]C1([CH])CCCC1=O. The van der Waals surface area contributed by atoms with E-state index in [4.69, 9.17) is 13.8 Å². The monoisotopic (exact) mass is 108 g/mol. The zero-order chi connectivity index (χ0) is 6.20. The van der Waals surface area contributed by atoms with E-state index in [2.05, 4.69) is 0 Å². The third-order valence-electron chi connectivity index (χ3n) is 1.51. The van der Waals surface area contributed by atoms with Crippen LogP contribution in [-0.4, -0.2) is 5.78 Å². The van der Waals surface area contributed by atoms with Crippen LogP contribution in [-0.2, 0) is 4.79 Å². The molecule has 0 unspecified atom stereocenters. The summed E-state index contributed by atoms with van der Waals surface area (Å²) >= 11 is 0. The van der Waals surface area contributed by atoms with Crippen molar-refractivity contribution in [2.45, 2.75) is 19.3 Å². The van der Waals surface area contributed by atoms with E-state index in [-0.39, 0.29) is 5.78 Å². The number of hydrogen-bond acceptors (Lipinski definition) is 1. The lowest BCUT2D eigenvalue weighted by molar-refractivity contribution is -0.122. The number of rotatable bonds is 0. The largest absolute Gasteiger partial charge is 0.299 e. The molecule has 1 heteroatoms. The van der Waals surface area contributed by atoms with E-state index in [0.29, 0.717) is 12.8 Å². The normalized spacial score (nSPS) is 26.5. The van der Waals surface area contributed by atoms with Gasteiger partial charge >= 0.3 is 0 Å². The summed E-state index contributed by atoms with van der Waals surface area (Å²) in [4.78, 5) is 10.6. The molecule has 0 atom stereocenters. The van der Waals surface area contributed by atoms with E-state index in [1.807, 2.05) is 0 Å². The van der Waals surface area contributed by atoms with E-state index >= 15 is 0 Å². The fourth-order valence-corrected chi connectivity index (χ4v) is 0.914. The molecule has 0 aliphatic heterocycles. The van der Waals surface area contributed by atoms with Crippen LogP contribution in [0.25, 0.3) is 0 Å². The third-order valence-corrected chi connectivity index (χ3v) is 1.51. The summed E-state index contributed by atoms with van der Waals surface area (Å²) in [7, 11) is 0. The van der Waals surface area contributed by atoms with Gasteiger partial charge in [-0.3, -0.25) is 4.79 Å². The lowest BCUT2D eigenvalue weighted by Crippen LogP contribution is -2.16. The molecule has 0 aromatic heterocycles. The molecular formula is C7H8O. The minimum atomic E-state index is -0.986. The molecular weight excluding hydrogens is 100 g/mol. The smallest absolute Gasteiger partial charge is 0.139 e. The topological polar surface area (TPSA) is 17.1 Å². The van der Waals surface area contributed by atoms with Crippen LogP contribution in [0.3, 0.4) is 0 Å². The number of Topliss-reactive ketones (excluding diaryl/α,β-unsaturated/α-hetero) is 1. The predicted molar refractivity (Wildman–Crippen MR) is 29.9 cm³/mol. The van der Waals surface area contributed by atoms with Crippen molar-refractivity contribution in [2.75, 3.05) is 0 Å². The highest BCUT2D eigenvalue weighted by molar-refractivity contribution is 5.88. The minimum Gasteiger partial charge on any atom is -0.299 e. The number of hydrogen-bond donors (Lipinski definition) is 0. The van der Waals surface area contributed by atoms with Crippen molar-refractivity contribution >= 4 is 5.78 Å². The highest BCUT2D eigenvalue weighted by atomic mass is 16.1. The molecule has 0 aromatic carbocycles. The van der Waals surface area contributed by atoms with E-state index in [1.165, 1.54) is 0 Å². The molecule has 0 spiro atoms. The van der Waals surface area contributed by atoms with E-state index in [9.17, 15) is 4.79 Å². The zero-order valence-electron chi connectivity index (χ0n) is 4.68. The molecule has 0 bridgehead atoms. The van der Waals surface area contributed by atoms with Crippen LogP contribution >= 0.6 is 0 Å². The molecule has 0 saturated heterocycles. The molecule has 1 saturated carbocycles. The summed E-state index contributed by atoms with van der Waals surface area (Å²) in [6, 6.07) is 0. The Hall–Kier alpha value is -0.330. The van der Waals surface area contributed by atoms with E-state index in [1.54, 1.807) is 0 Å². The second-order valence-electron chi connectivity index (χ2n) is 2.32. The summed E-state index contributed by atoms with van der Waals surface area (Å²) in [5, 5.41) is 0. The Morgan fingerprint density at radius 3 is 2.25 bits per heavy atom. The van der Waals surface area contributed by atoms with Crippen molar-refractivity contribution < 1.29 is 4.79 Å². The van der Waals surface area contributed by atoms with Gasteiger partial charge in [-0.2, -0.15) is 0 Å². The van der Waals surface area contributed by atoms with Crippen molar-refractivity contribution in [2.24, 2.45) is 5.41 Å². The van der Waals surface area contributed by atoms with Crippen LogP contribution in [0.4, 0.5) is 0 Å². The molecule has 1 rings (SSSR count). The van der Waals surface area contributed by atoms with Crippen LogP contribution < -0.4 is 0 Å². The van der Waals surface area contributed by atoms with Crippen LogP contribution in [0.15, 0.2) is 0 Å². The second kappa shape index (κ2) is 1.57. The Morgan fingerprint density at radius 2 is 2.12 bits per heavy atom. The van der Waals surface area contributed by atoms with Gasteiger partial charge in [0.15, 0.2) is 0 Å². The highest BCUT2D eigenvalue weighted by Crippen LogP contribution is 2.31. The number of carbonyl (C=O) groups excluding carboxylic acids is 1. The van der Waals surface area contributed by atoms with Crippen molar-refractivity contribution in [3.8, 4) is 0 Å². The predicted octanol–water partition coefficient (Wildman–Crippen LogP) is 1.15. The Balaban J connectivity index is 2.68. The van der Waals surface area contributed by atoms with E-state index < -0.39 is 5.41 Å². The quantitative estimate of drug-likeness (QED) is 0.455. The fraction of sp³-hybridized carbons (Fsp3) is 0.571. The van der Waals surface area contributed by atoms with Gasteiger partial charge in [-0.05, 0) is 26.7 Å². The number of ketones is 1. The minimum absolute atomic E-state index is 0.00231. The average molecular weight is 108 g/mol. The van der Waals surface area contributed by atoms with Gasteiger partial charge in [0.25, 0.3) is 0 Å². The summed E-state index contributed by atoms with van der Waals surface area (Å²) in [5.41, 5.74) is -0.986. The van der Waals surface area contributed by atoms with Crippen molar-refractivity contribution in [1.29, 1.82) is 0 Å². The first-order valence-electron chi connectivity index (χ1n) is 2.74. The second-order valence-corrected chi connectivity index (χ2v) is 2.32. The maximum absolute atomic E-state index is 10.6. The Kier molecular flexibility index (Phi) is 1.14. The highest BCUT2D eigenvalue weighted by Gasteiger charge is 2.32. The molecule has 0 aromatic rings. The van der Waals surface area contributed by atoms with Crippen LogP contribution in [0.1, 0.15) is 19.3 Å². The van der Waals surface area contributed by atoms with Crippen LogP contribution in [0.5, 0.6) is 0 Å². The van der Waals surface area contributed by atoms with Gasteiger partial charge in [-0.1, -0.05) is 0 Å². The van der Waals surface area contributed by atoms with Gasteiger partial charge in [0.05, 0.1) is 0 Å². The lowest BCUT2D eigenvalue weighted by atomic mass is 9.91. The van der Waals surface area contributed by atoms with Gasteiger partial charge in [-0.25, -0.2) is 0 Å². The Bertz CT molecular complexity index is 114. The molecule has 0 heterocycles.